The third-order valence-electron chi connectivity index (χ3n) is 5.51. The highest BCUT2D eigenvalue weighted by molar-refractivity contribution is 5.87. The molecule has 0 saturated heterocycles. The van der Waals surface area contributed by atoms with E-state index in [0.717, 1.165) is 28.3 Å². The first-order valence-corrected chi connectivity index (χ1v) is 10.0. The van der Waals surface area contributed by atoms with Gasteiger partial charge in [0.2, 0.25) is 5.91 Å². The maximum Gasteiger partial charge on any atom is 0.335 e. The van der Waals surface area contributed by atoms with Gasteiger partial charge in [0.1, 0.15) is 5.75 Å². The van der Waals surface area contributed by atoms with E-state index >= 15 is 0 Å². The Kier molecular flexibility index (Phi) is 5.99. The summed E-state index contributed by atoms with van der Waals surface area (Å²) in [6.07, 6.45) is 2.17. The number of nitrogens with zero attached hydrogens (tertiary/aromatic N) is 2. The number of H-pyrrole nitrogens is 1. The number of ether oxygens (including phenoxy) is 1. The van der Waals surface area contributed by atoms with Crippen molar-refractivity contribution in [2.45, 2.75) is 32.1 Å². The maximum atomic E-state index is 13.1. The van der Waals surface area contributed by atoms with Crippen molar-refractivity contribution in [3.05, 3.63) is 82.9 Å². The number of nitrogens with one attached hydrogen (secondary N) is 2. The zero-order valence-corrected chi connectivity index (χ0v) is 17.2. The van der Waals surface area contributed by atoms with Crippen LogP contribution < -0.4 is 10.1 Å². The van der Waals surface area contributed by atoms with Crippen molar-refractivity contribution in [3.63, 3.8) is 0 Å². The van der Waals surface area contributed by atoms with Crippen molar-refractivity contribution >= 4 is 11.9 Å². The fraction of sp³-hybridized carbons (Fsp3) is 0.261. The minimum absolute atomic E-state index is 0.0633. The predicted octanol–water partition coefficient (Wildman–Crippen LogP) is 2.36. The average molecular weight is 420 g/mol. The average Bonchev–Trinajstić information content (AvgIpc) is 3.25. The second kappa shape index (κ2) is 9.01. The topological polar surface area (TPSA) is 108 Å². The van der Waals surface area contributed by atoms with Crippen molar-refractivity contribution in [2.24, 2.45) is 0 Å². The SMILES string of the molecule is COc1ccc(CNC(=O)[C@@H]2Cc3nc[nH]c3CN2Cc2ccc(C(=O)O)cc2)cc1. The van der Waals surface area contributed by atoms with Crippen molar-refractivity contribution in [1.29, 1.82) is 0 Å². The highest BCUT2D eigenvalue weighted by Gasteiger charge is 2.32. The van der Waals surface area contributed by atoms with Crippen LogP contribution in [0.15, 0.2) is 54.9 Å². The quantitative estimate of drug-likeness (QED) is 0.542. The Labute approximate surface area is 179 Å². The number of carboxylic acids is 1. The number of methoxy groups -OCH3 is 1. The molecule has 3 aromatic rings. The fourth-order valence-corrected chi connectivity index (χ4v) is 3.75. The van der Waals surface area contributed by atoms with Crippen LogP contribution in [-0.2, 0) is 30.8 Å². The van der Waals surface area contributed by atoms with Gasteiger partial charge in [0.15, 0.2) is 0 Å². The monoisotopic (exact) mass is 420 g/mol. The van der Waals surface area contributed by atoms with Gasteiger partial charge in [-0.1, -0.05) is 24.3 Å². The second-order valence-electron chi connectivity index (χ2n) is 7.52. The molecule has 0 radical (unpaired) electrons. The molecule has 8 nitrogen and oxygen atoms in total. The molecule has 1 amide bonds. The largest absolute Gasteiger partial charge is 0.497 e. The van der Waals surface area contributed by atoms with Gasteiger partial charge in [-0.2, -0.15) is 0 Å². The number of aromatic carboxylic acids is 1. The standard InChI is InChI=1S/C23H24N4O4/c1-31-18-8-4-15(5-9-18)11-24-22(28)21-10-19-20(26-14-25-19)13-27(21)12-16-2-6-17(7-3-16)23(29)30/h2-9,14,21H,10-13H2,1H3,(H,24,28)(H,25,26)(H,29,30)/t21-/m0/s1. The van der Waals surface area contributed by atoms with Gasteiger partial charge in [0, 0.05) is 26.1 Å². The Hall–Kier alpha value is -3.65. The molecular formula is C23H24N4O4. The molecule has 0 unspecified atom stereocenters. The van der Waals surface area contributed by atoms with E-state index in [1.165, 1.54) is 0 Å². The summed E-state index contributed by atoms with van der Waals surface area (Å²) in [5.41, 5.74) is 4.08. The Morgan fingerprint density at radius 2 is 1.87 bits per heavy atom. The third-order valence-corrected chi connectivity index (χ3v) is 5.51. The number of carbonyl (C=O) groups excluding carboxylic acids is 1. The number of carboxylic acid groups (broad SMARTS) is 1. The Morgan fingerprint density at radius 1 is 1.16 bits per heavy atom. The third kappa shape index (κ3) is 4.75. The molecule has 2 heterocycles. The summed E-state index contributed by atoms with van der Waals surface area (Å²) in [6, 6.07) is 14.0. The van der Waals surface area contributed by atoms with Crippen molar-refractivity contribution in [1.82, 2.24) is 20.2 Å². The molecule has 1 aliphatic rings. The van der Waals surface area contributed by atoms with Crippen LogP contribution in [-0.4, -0.2) is 45.0 Å². The highest BCUT2D eigenvalue weighted by Crippen LogP contribution is 2.23. The minimum Gasteiger partial charge on any atom is -0.497 e. The summed E-state index contributed by atoms with van der Waals surface area (Å²) in [4.78, 5) is 33.8. The first kappa shape index (κ1) is 20.6. The van der Waals surface area contributed by atoms with Crippen molar-refractivity contribution in [3.8, 4) is 5.75 Å². The number of hydrogen-bond acceptors (Lipinski definition) is 5. The van der Waals surface area contributed by atoms with E-state index in [2.05, 4.69) is 20.2 Å². The number of fused-ring (bicyclic) bond motifs is 1. The van der Waals surface area contributed by atoms with E-state index in [1.54, 1.807) is 37.7 Å². The van der Waals surface area contributed by atoms with E-state index in [1.807, 2.05) is 24.3 Å². The molecule has 160 valence electrons. The van der Waals surface area contributed by atoms with Crippen LogP contribution in [0, 0.1) is 0 Å². The molecule has 0 aliphatic carbocycles. The number of benzene rings is 2. The number of aromatic amines is 1. The second-order valence-corrected chi connectivity index (χ2v) is 7.52. The highest BCUT2D eigenvalue weighted by atomic mass is 16.5. The number of carbonyl (C=O) groups is 2. The molecule has 0 saturated carbocycles. The summed E-state index contributed by atoms with van der Waals surface area (Å²) < 4.78 is 5.17. The summed E-state index contributed by atoms with van der Waals surface area (Å²) in [7, 11) is 1.62. The maximum absolute atomic E-state index is 13.1. The zero-order chi connectivity index (χ0) is 21.8. The van der Waals surface area contributed by atoms with E-state index in [0.29, 0.717) is 26.1 Å². The molecule has 1 aliphatic heterocycles. The number of imidazole rings is 1. The van der Waals surface area contributed by atoms with Gasteiger partial charge >= 0.3 is 5.97 Å². The van der Waals surface area contributed by atoms with Gasteiger partial charge in [-0.15, -0.1) is 0 Å². The van der Waals surface area contributed by atoms with Gasteiger partial charge in [0.25, 0.3) is 0 Å². The van der Waals surface area contributed by atoms with Crippen molar-refractivity contribution in [2.75, 3.05) is 7.11 Å². The summed E-state index contributed by atoms with van der Waals surface area (Å²) in [5, 5.41) is 12.1. The number of amides is 1. The lowest BCUT2D eigenvalue weighted by Gasteiger charge is -2.34. The molecule has 0 spiro atoms. The normalized spacial score (nSPS) is 15.8. The Bertz CT molecular complexity index is 1060. The van der Waals surface area contributed by atoms with Gasteiger partial charge < -0.3 is 20.1 Å². The zero-order valence-electron chi connectivity index (χ0n) is 17.2. The minimum atomic E-state index is -0.956. The fourth-order valence-electron chi connectivity index (χ4n) is 3.75. The summed E-state index contributed by atoms with van der Waals surface area (Å²) in [5.74, 6) is -0.248. The summed E-state index contributed by atoms with van der Waals surface area (Å²) in [6.45, 7) is 1.52. The van der Waals surface area contributed by atoms with Crippen LogP contribution in [0.25, 0.3) is 0 Å². The van der Waals surface area contributed by atoms with Crippen LogP contribution in [0.4, 0.5) is 0 Å². The van der Waals surface area contributed by atoms with Gasteiger partial charge in [-0.3, -0.25) is 9.69 Å². The van der Waals surface area contributed by atoms with Crippen LogP contribution in [0.2, 0.25) is 0 Å². The number of aromatic nitrogens is 2. The Balaban J connectivity index is 1.47. The lowest BCUT2D eigenvalue weighted by atomic mass is 10.0. The number of rotatable bonds is 7. The van der Waals surface area contributed by atoms with Crippen LogP contribution in [0.1, 0.15) is 32.9 Å². The first-order valence-electron chi connectivity index (χ1n) is 10.0. The molecule has 0 fully saturated rings. The molecule has 31 heavy (non-hydrogen) atoms. The van der Waals surface area contributed by atoms with E-state index in [9.17, 15) is 9.59 Å². The molecule has 8 heteroatoms. The van der Waals surface area contributed by atoms with Crippen molar-refractivity contribution < 1.29 is 19.4 Å². The lowest BCUT2D eigenvalue weighted by molar-refractivity contribution is -0.127. The first-order chi connectivity index (χ1) is 15.0. The number of hydrogen-bond donors (Lipinski definition) is 3. The molecule has 1 aromatic heterocycles. The molecule has 3 N–H and O–H groups in total. The Morgan fingerprint density at radius 3 is 2.55 bits per heavy atom. The van der Waals surface area contributed by atoms with E-state index in [4.69, 9.17) is 9.84 Å². The predicted molar refractivity (Wildman–Crippen MR) is 114 cm³/mol. The molecular weight excluding hydrogens is 396 g/mol. The smallest absolute Gasteiger partial charge is 0.335 e. The van der Waals surface area contributed by atoms with Crippen LogP contribution in [0.3, 0.4) is 0 Å². The lowest BCUT2D eigenvalue weighted by Crippen LogP contribution is -2.49. The van der Waals surface area contributed by atoms with E-state index in [-0.39, 0.29) is 17.5 Å². The molecule has 1 atom stereocenters. The molecule has 2 aromatic carbocycles. The van der Waals surface area contributed by atoms with Gasteiger partial charge in [-0.05, 0) is 35.4 Å². The van der Waals surface area contributed by atoms with Crippen LogP contribution in [0.5, 0.6) is 5.75 Å². The molecule has 0 bridgehead atoms. The van der Waals surface area contributed by atoms with E-state index < -0.39 is 5.97 Å². The van der Waals surface area contributed by atoms with Gasteiger partial charge in [-0.25, -0.2) is 9.78 Å². The van der Waals surface area contributed by atoms with Crippen LogP contribution >= 0.6 is 0 Å². The molecule has 4 rings (SSSR count). The van der Waals surface area contributed by atoms with Gasteiger partial charge in [0.05, 0.1) is 36.4 Å². The summed E-state index contributed by atoms with van der Waals surface area (Å²) >= 11 is 0.